The lowest BCUT2D eigenvalue weighted by Crippen LogP contribution is -2.11. The Morgan fingerprint density at radius 2 is 1.89 bits per heavy atom. The number of hydrogen-bond acceptors (Lipinski definition) is 4. The Labute approximate surface area is 106 Å². The maximum atomic E-state index is 11.5. The van der Waals surface area contributed by atoms with E-state index in [0.717, 1.165) is 37.1 Å². The SMILES string of the molecule is COc1ccc(NC(=O)ON=C2CCCC2)cc1. The number of oxime groups is 1. The molecule has 0 aliphatic heterocycles. The molecule has 1 saturated carbocycles. The lowest BCUT2D eigenvalue weighted by molar-refractivity contribution is 0.166. The monoisotopic (exact) mass is 248 g/mol. The van der Waals surface area contributed by atoms with Crippen molar-refractivity contribution in [1.82, 2.24) is 0 Å². The standard InChI is InChI=1S/C13H16N2O3/c1-17-12-8-6-10(7-9-12)14-13(16)18-15-11-4-2-3-5-11/h6-9H,2-5H2,1H3,(H,14,16). The Hall–Kier alpha value is -2.04. The van der Waals surface area contributed by atoms with E-state index in [4.69, 9.17) is 9.57 Å². The average Bonchev–Trinajstić information content (AvgIpc) is 2.90. The smallest absolute Gasteiger partial charge is 0.437 e. The first-order chi connectivity index (χ1) is 8.78. The van der Waals surface area contributed by atoms with Gasteiger partial charge in [0.05, 0.1) is 12.8 Å². The summed E-state index contributed by atoms with van der Waals surface area (Å²) < 4.78 is 5.02. The van der Waals surface area contributed by atoms with Gasteiger partial charge in [0.1, 0.15) is 5.75 Å². The normalized spacial score (nSPS) is 14.2. The van der Waals surface area contributed by atoms with Crippen LogP contribution in [0, 0.1) is 0 Å². The number of carbonyl (C=O) groups is 1. The lowest BCUT2D eigenvalue weighted by atomic mass is 10.3. The molecule has 1 fully saturated rings. The van der Waals surface area contributed by atoms with Crippen molar-refractivity contribution in [3.05, 3.63) is 24.3 Å². The predicted octanol–water partition coefficient (Wildman–Crippen LogP) is 3.17. The molecule has 0 unspecified atom stereocenters. The quantitative estimate of drug-likeness (QED) is 0.660. The molecule has 96 valence electrons. The number of ether oxygens (including phenoxy) is 1. The number of rotatable bonds is 3. The second-order valence-corrected chi connectivity index (χ2v) is 4.10. The minimum absolute atomic E-state index is 0.570. The topological polar surface area (TPSA) is 59.9 Å². The van der Waals surface area contributed by atoms with Crippen LogP contribution in [0.3, 0.4) is 0 Å². The van der Waals surface area contributed by atoms with Crippen LogP contribution in [0.1, 0.15) is 25.7 Å². The first-order valence-corrected chi connectivity index (χ1v) is 5.96. The molecule has 0 saturated heterocycles. The van der Waals surface area contributed by atoms with E-state index in [2.05, 4.69) is 10.5 Å². The van der Waals surface area contributed by atoms with Crippen molar-refractivity contribution < 1.29 is 14.4 Å². The van der Waals surface area contributed by atoms with E-state index in [0.29, 0.717) is 5.69 Å². The van der Waals surface area contributed by atoms with Crippen LogP contribution in [0.5, 0.6) is 5.75 Å². The number of nitrogens with one attached hydrogen (secondary N) is 1. The van der Waals surface area contributed by atoms with Gasteiger partial charge in [-0.25, -0.2) is 4.79 Å². The number of carbonyl (C=O) groups excluding carboxylic acids is 1. The highest BCUT2D eigenvalue weighted by atomic mass is 16.7. The van der Waals surface area contributed by atoms with Crippen molar-refractivity contribution in [2.75, 3.05) is 12.4 Å². The number of nitrogens with zero attached hydrogens (tertiary/aromatic N) is 1. The molecule has 0 radical (unpaired) electrons. The summed E-state index contributed by atoms with van der Waals surface area (Å²) in [5.74, 6) is 0.736. The summed E-state index contributed by atoms with van der Waals surface area (Å²) in [4.78, 5) is 16.2. The highest BCUT2D eigenvalue weighted by Gasteiger charge is 2.10. The maximum Gasteiger partial charge on any atom is 0.437 e. The molecule has 5 heteroatoms. The van der Waals surface area contributed by atoms with Crippen LogP contribution in [0.25, 0.3) is 0 Å². The number of methoxy groups -OCH3 is 1. The van der Waals surface area contributed by atoms with E-state index in [1.165, 1.54) is 0 Å². The third-order valence-electron chi connectivity index (χ3n) is 2.77. The van der Waals surface area contributed by atoms with Crippen LogP contribution in [-0.2, 0) is 4.84 Å². The molecule has 1 amide bonds. The molecule has 5 nitrogen and oxygen atoms in total. The Morgan fingerprint density at radius 1 is 1.22 bits per heavy atom. The molecule has 2 rings (SSSR count). The van der Waals surface area contributed by atoms with Crippen molar-refractivity contribution >= 4 is 17.5 Å². The molecule has 1 N–H and O–H groups in total. The Balaban J connectivity index is 1.84. The molecule has 0 aromatic heterocycles. The van der Waals surface area contributed by atoms with E-state index in [1.807, 2.05) is 0 Å². The van der Waals surface area contributed by atoms with Gasteiger partial charge in [-0.3, -0.25) is 10.2 Å². The molecule has 1 aliphatic carbocycles. The van der Waals surface area contributed by atoms with E-state index in [9.17, 15) is 4.79 Å². The largest absolute Gasteiger partial charge is 0.497 e. The summed E-state index contributed by atoms with van der Waals surface area (Å²) in [7, 11) is 1.59. The van der Waals surface area contributed by atoms with Gasteiger partial charge in [0.25, 0.3) is 0 Å². The van der Waals surface area contributed by atoms with Crippen molar-refractivity contribution in [3.8, 4) is 5.75 Å². The fourth-order valence-electron chi connectivity index (χ4n) is 1.80. The zero-order valence-corrected chi connectivity index (χ0v) is 10.3. The van der Waals surface area contributed by atoms with Gasteiger partial charge in [0.2, 0.25) is 0 Å². The number of amides is 1. The molecule has 1 aliphatic rings. The average molecular weight is 248 g/mol. The van der Waals surface area contributed by atoms with E-state index >= 15 is 0 Å². The van der Waals surface area contributed by atoms with Gasteiger partial charge in [0.15, 0.2) is 0 Å². The van der Waals surface area contributed by atoms with Gasteiger partial charge in [-0.2, -0.15) is 0 Å². The minimum Gasteiger partial charge on any atom is -0.497 e. The van der Waals surface area contributed by atoms with Crippen LogP contribution in [0.15, 0.2) is 29.4 Å². The Kier molecular flexibility index (Phi) is 4.17. The van der Waals surface area contributed by atoms with Crippen molar-refractivity contribution in [2.45, 2.75) is 25.7 Å². The van der Waals surface area contributed by atoms with Crippen molar-refractivity contribution in [1.29, 1.82) is 0 Å². The molecule has 0 spiro atoms. The van der Waals surface area contributed by atoms with Gasteiger partial charge in [0, 0.05) is 5.69 Å². The highest BCUT2D eigenvalue weighted by Crippen LogP contribution is 2.16. The minimum atomic E-state index is -0.570. The van der Waals surface area contributed by atoms with Gasteiger partial charge in [-0.1, -0.05) is 5.16 Å². The summed E-state index contributed by atoms with van der Waals surface area (Å²) in [6.07, 6.45) is 3.54. The second-order valence-electron chi connectivity index (χ2n) is 4.10. The summed E-state index contributed by atoms with van der Waals surface area (Å²) in [5, 5.41) is 6.43. The molecular weight excluding hydrogens is 232 g/mol. The molecule has 0 heterocycles. The van der Waals surface area contributed by atoms with Gasteiger partial charge >= 0.3 is 6.09 Å². The van der Waals surface area contributed by atoms with Gasteiger partial charge in [-0.15, -0.1) is 0 Å². The van der Waals surface area contributed by atoms with Gasteiger partial charge in [-0.05, 0) is 49.9 Å². The molecule has 0 bridgehead atoms. The van der Waals surface area contributed by atoms with Crippen molar-refractivity contribution in [3.63, 3.8) is 0 Å². The van der Waals surface area contributed by atoms with E-state index < -0.39 is 6.09 Å². The summed E-state index contributed by atoms with van der Waals surface area (Å²) >= 11 is 0. The molecule has 1 aromatic carbocycles. The molecule has 18 heavy (non-hydrogen) atoms. The van der Waals surface area contributed by atoms with Crippen LogP contribution in [0.2, 0.25) is 0 Å². The van der Waals surface area contributed by atoms with E-state index in [-0.39, 0.29) is 0 Å². The zero-order chi connectivity index (χ0) is 12.8. The summed E-state index contributed by atoms with van der Waals surface area (Å²) in [6, 6.07) is 7.00. The highest BCUT2D eigenvalue weighted by molar-refractivity contribution is 5.88. The third-order valence-corrected chi connectivity index (χ3v) is 2.77. The molecule has 0 atom stereocenters. The first-order valence-electron chi connectivity index (χ1n) is 5.96. The van der Waals surface area contributed by atoms with Gasteiger partial charge < -0.3 is 4.74 Å². The number of anilines is 1. The summed E-state index contributed by atoms with van der Waals surface area (Å²) in [5.41, 5.74) is 1.60. The summed E-state index contributed by atoms with van der Waals surface area (Å²) in [6.45, 7) is 0. The fourth-order valence-corrected chi connectivity index (χ4v) is 1.80. The Morgan fingerprint density at radius 3 is 2.50 bits per heavy atom. The Bertz CT molecular complexity index is 432. The van der Waals surface area contributed by atoms with Crippen molar-refractivity contribution in [2.24, 2.45) is 5.16 Å². The lowest BCUT2D eigenvalue weighted by Gasteiger charge is -2.04. The number of hydrogen-bond donors (Lipinski definition) is 1. The fraction of sp³-hybridized carbons (Fsp3) is 0.385. The predicted molar refractivity (Wildman–Crippen MR) is 69.0 cm³/mol. The first kappa shape index (κ1) is 12.4. The molecule has 1 aromatic rings. The third kappa shape index (κ3) is 3.48. The zero-order valence-electron chi connectivity index (χ0n) is 10.3. The molecular formula is C13H16N2O3. The van der Waals surface area contributed by atoms with Crippen LogP contribution in [-0.4, -0.2) is 18.9 Å². The maximum absolute atomic E-state index is 11.5. The van der Waals surface area contributed by atoms with Crippen LogP contribution < -0.4 is 10.1 Å². The van der Waals surface area contributed by atoms with Crippen LogP contribution >= 0.6 is 0 Å². The number of benzene rings is 1. The van der Waals surface area contributed by atoms with Crippen LogP contribution in [0.4, 0.5) is 10.5 Å². The second kappa shape index (κ2) is 6.05. The van der Waals surface area contributed by atoms with E-state index in [1.54, 1.807) is 31.4 Å².